The summed E-state index contributed by atoms with van der Waals surface area (Å²) < 4.78 is 13.0. The second kappa shape index (κ2) is 7.20. The molecule has 2 heteroatoms. The zero-order valence-electron chi connectivity index (χ0n) is 12.2. The molecule has 1 atom stereocenters. The third kappa shape index (κ3) is 3.91. The Balaban J connectivity index is 2.14. The molecule has 2 aromatic carbocycles. The fourth-order valence-electron chi connectivity index (χ4n) is 2.40. The lowest BCUT2D eigenvalue weighted by Gasteiger charge is -2.19. The van der Waals surface area contributed by atoms with Gasteiger partial charge in [-0.1, -0.05) is 50.2 Å². The van der Waals surface area contributed by atoms with Crippen molar-refractivity contribution in [3.8, 4) is 0 Å². The normalized spacial score (nSPS) is 12.3. The van der Waals surface area contributed by atoms with Crippen LogP contribution < -0.4 is 5.32 Å². The van der Waals surface area contributed by atoms with Gasteiger partial charge in [-0.3, -0.25) is 0 Å². The molecule has 1 unspecified atom stereocenters. The number of hydrogen-bond donors (Lipinski definition) is 1. The van der Waals surface area contributed by atoms with E-state index < -0.39 is 0 Å². The highest BCUT2D eigenvalue weighted by molar-refractivity contribution is 5.27. The van der Waals surface area contributed by atoms with Crippen LogP contribution in [0.2, 0.25) is 0 Å². The molecular weight excluding hydrogens is 249 g/mol. The van der Waals surface area contributed by atoms with Crippen LogP contribution in [-0.2, 0) is 12.8 Å². The molecule has 2 rings (SSSR count). The maximum absolute atomic E-state index is 13.0. The van der Waals surface area contributed by atoms with Crippen LogP contribution in [0, 0.1) is 5.82 Å². The van der Waals surface area contributed by atoms with Crippen LogP contribution in [0.25, 0.3) is 0 Å². The Morgan fingerprint density at radius 2 is 1.50 bits per heavy atom. The molecule has 0 fully saturated rings. The van der Waals surface area contributed by atoms with Gasteiger partial charge < -0.3 is 5.32 Å². The summed E-state index contributed by atoms with van der Waals surface area (Å²) in [5.74, 6) is -0.180. The van der Waals surface area contributed by atoms with Crippen molar-refractivity contribution in [2.45, 2.75) is 32.7 Å². The highest BCUT2D eigenvalue weighted by Crippen LogP contribution is 2.19. The Morgan fingerprint density at radius 3 is 2.05 bits per heavy atom. The van der Waals surface area contributed by atoms with Crippen molar-refractivity contribution in [3.05, 3.63) is 71.0 Å². The zero-order valence-corrected chi connectivity index (χ0v) is 12.2. The van der Waals surface area contributed by atoms with E-state index in [0.29, 0.717) is 0 Å². The summed E-state index contributed by atoms with van der Waals surface area (Å²) in [6.07, 6.45) is 1.93. The predicted octanol–water partition coefficient (Wildman–Crippen LogP) is 4.28. The summed E-state index contributed by atoms with van der Waals surface area (Å²) in [6.45, 7) is 5.19. The molecule has 0 aliphatic carbocycles. The molecule has 1 nitrogen and oxygen atoms in total. The van der Waals surface area contributed by atoms with E-state index in [9.17, 15) is 4.39 Å². The number of likely N-dealkylation sites (N-methyl/N-ethyl adjacent to an activating group) is 1. The second-order valence-electron chi connectivity index (χ2n) is 5.04. The van der Waals surface area contributed by atoms with Crippen LogP contribution in [0.15, 0.2) is 48.5 Å². The summed E-state index contributed by atoms with van der Waals surface area (Å²) in [7, 11) is 0. The molecule has 0 spiro atoms. The molecule has 2 aromatic rings. The fourth-order valence-corrected chi connectivity index (χ4v) is 2.40. The van der Waals surface area contributed by atoms with Gasteiger partial charge in [0.05, 0.1) is 0 Å². The monoisotopic (exact) mass is 271 g/mol. The van der Waals surface area contributed by atoms with E-state index in [0.717, 1.165) is 24.9 Å². The van der Waals surface area contributed by atoms with Gasteiger partial charge in [-0.25, -0.2) is 4.39 Å². The lowest BCUT2D eigenvalue weighted by Crippen LogP contribution is -2.23. The maximum atomic E-state index is 13.0. The van der Waals surface area contributed by atoms with Crippen LogP contribution in [0.1, 0.15) is 36.6 Å². The number of rotatable bonds is 6. The standard InChI is InChI=1S/C18H22FN/c1-3-14-5-9-16(10-6-14)18(20-4-2)13-15-7-11-17(19)12-8-15/h5-12,18,20H,3-4,13H2,1-2H3. The average Bonchev–Trinajstić information content (AvgIpc) is 2.49. The highest BCUT2D eigenvalue weighted by atomic mass is 19.1. The Kier molecular flexibility index (Phi) is 5.31. The minimum Gasteiger partial charge on any atom is -0.310 e. The first-order valence-corrected chi connectivity index (χ1v) is 7.29. The van der Waals surface area contributed by atoms with E-state index in [4.69, 9.17) is 0 Å². The first kappa shape index (κ1) is 14.7. The SMILES string of the molecule is CCNC(Cc1ccc(F)cc1)c1ccc(CC)cc1. The number of nitrogens with one attached hydrogen (secondary N) is 1. The summed E-state index contributed by atoms with van der Waals surface area (Å²) in [5.41, 5.74) is 3.79. The predicted molar refractivity (Wildman–Crippen MR) is 82.3 cm³/mol. The van der Waals surface area contributed by atoms with E-state index in [2.05, 4.69) is 43.4 Å². The highest BCUT2D eigenvalue weighted by Gasteiger charge is 2.11. The van der Waals surface area contributed by atoms with E-state index in [1.165, 1.54) is 23.3 Å². The third-order valence-electron chi connectivity index (χ3n) is 3.59. The molecule has 0 heterocycles. The van der Waals surface area contributed by atoms with Crippen LogP contribution in [0.3, 0.4) is 0 Å². The van der Waals surface area contributed by atoms with E-state index >= 15 is 0 Å². The first-order chi connectivity index (χ1) is 9.72. The van der Waals surface area contributed by atoms with Gasteiger partial charge in [0.1, 0.15) is 5.82 Å². The lowest BCUT2D eigenvalue weighted by molar-refractivity contribution is 0.548. The van der Waals surface area contributed by atoms with Gasteiger partial charge in [0.15, 0.2) is 0 Å². The van der Waals surface area contributed by atoms with Crippen molar-refractivity contribution in [2.75, 3.05) is 6.54 Å². The molecule has 0 amide bonds. The molecule has 1 N–H and O–H groups in total. The largest absolute Gasteiger partial charge is 0.310 e. The quantitative estimate of drug-likeness (QED) is 0.827. The Labute approximate surface area is 120 Å². The summed E-state index contributed by atoms with van der Waals surface area (Å²) in [4.78, 5) is 0. The summed E-state index contributed by atoms with van der Waals surface area (Å²) >= 11 is 0. The molecule has 0 saturated carbocycles. The van der Waals surface area contributed by atoms with Gasteiger partial charge in [0.25, 0.3) is 0 Å². The number of hydrogen-bond acceptors (Lipinski definition) is 1. The Hall–Kier alpha value is -1.67. The van der Waals surface area contributed by atoms with Crippen molar-refractivity contribution >= 4 is 0 Å². The Bertz CT molecular complexity index is 516. The first-order valence-electron chi connectivity index (χ1n) is 7.29. The van der Waals surface area contributed by atoms with Crippen molar-refractivity contribution in [3.63, 3.8) is 0 Å². The number of halogens is 1. The topological polar surface area (TPSA) is 12.0 Å². The van der Waals surface area contributed by atoms with Gasteiger partial charge in [-0.15, -0.1) is 0 Å². The van der Waals surface area contributed by atoms with Crippen molar-refractivity contribution in [1.29, 1.82) is 0 Å². The molecule has 0 saturated heterocycles. The average molecular weight is 271 g/mol. The van der Waals surface area contributed by atoms with Gasteiger partial charge in [0, 0.05) is 6.04 Å². The Morgan fingerprint density at radius 1 is 0.900 bits per heavy atom. The van der Waals surface area contributed by atoms with E-state index in [1.54, 1.807) is 0 Å². The zero-order chi connectivity index (χ0) is 14.4. The molecule has 0 aliphatic rings. The number of benzene rings is 2. The summed E-state index contributed by atoms with van der Waals surface area (Å²) in [5, 5.41) is 3.51. The molecule has 0 bridgehead atoms. The minimum absolute atomic E-state index is 0.180. The lowest BCUT2D eigenvalue weighted by atomic mass is 9.97. The van der Waals surface area contributed by atoms with Crippen LogP contribution in [0.5, 0.6) is 0 Å². The fraction of sp³-hybridized carbons (Fsp3) is 0.333. The smallest absolute Gasteiger partial charge is 0.123 e. The van der Waals surface area contributed by atoms with Gasteiger partial charge in [-0.05, 0) is 48.2 Å². The molecular formula is C18H22FN. The van der Waals surface area contributed by atoms with Crippen molar-refractivity contribution in [2.24, 2.45) is 0 Å². The van der Waals surface area contributed by atoms with Crippen molar-refractivity contribution < 1.29 is 4.39 Å². The molecule has 0 radical (unpaired) electrons. The van der Waals surface area contributed by atoms with E-state index in [1.807, 2.05) is 12.1 Å². The van der Waals surface area contributed by atoms with Crippen LogP contribution in [-0.4, -0.2) is 6.54 Å². The second-order valence-corrected chi connectivity index (χ2v) is 5.04. The minimum atomic E-state index is -0.180. The summed E-state index contributed by atoms with van der Waals surface area (Å²) in [6, 6.07) is 15.8. The molecule has 0 aromatic heterocycles. The van der Waals surface area contributed by atoms with Gasteiger partial charge in [0.2, 0.25) is 0 Å². The van der Waals surface area contributed by atoms with Crippen LogP contribution >= 0.6 is 0 Å². The van der Waals surface area contributed by atoms with Crippen molar-refractivity contribution in [1.82, 2.24) is 5.32 Å². The molecule has 106 valence electrons. The third-order valence-corrected chi connectivity index (χ3v) is 3.59. The molecule has 0 aliphatic heterocycles. The van der Waals surface area contributed by atoms with Crippen LogP contribution in [0.4, 0.5) is 4.39 Å². The maximum Gasteiger partial charge on any atom is 0.123 e. The number of aryl methyl sites for hydroxylation is 1. The molecule has 20 heavy (non-hydrogen) atoms. The van der Waals surface area contributed by atoms with E-state index in [-0.39, 0.29) is 11.9 Å². The van der Waals surface area contributed by atoms with Gasteiger partial charge in [-0.2, -0.15) is 0 Å². The van der Waals surface area contributed by atoms with Gasteiger partial charge >= 0.3 is 0 Å².